The Morgan fingerprint density at radius 2 is 2.00 bits per heavy atom. The first-order valence-electron chi connectivity index (χ1n) is 5.92. The van der Waals surface area contributed by atoms with Gasteiger partial charge in [0, 0.05) is 17.8 Å². The summed E-state index contributed by atoms with van der Waals surface area (Å²) >= 11 is 0.954. The lowest BCUT2D eigenvalue weighted by molar-refractivity contribution is -0.135. The van der Waals surface area contributed by atoms with Gasteiger partial charge in [-0.05, 0) is 31.4 Å². The summed E-state index contributed by atoms with van der Waals surface area (Å²) in [6, 6.07) is 1.44. The van der Waals surface area contributed by atoms with Crippen LogP contribution in [0.25, 0.3) is 0 Å². The molecular weight excluding hydrogens is 315 g/mol. The molecule has 0 saturated heterocycles. The van der Waals surface area contributed by atoms with Crippen LogP contribution in [0.5, 0.6) is 0 Å². The van der Waals surface area contributed by atoms with Crippen LogP contribution in [0.3, 0.4) is 0 Å². The quantitative estimate of drug-likeness (QED) is 0.755. The summed E-state index contributed by atoms with van der Waals surface area (Å²) in [4.78, 5) is 0.558. The molecule has 1 aromatic rings. The molecule has 20 heavy (non-hydrogen) atoms. The van der Waals surface area contributed by atoms with E-state index in [-0.39, 0.29) is 30.2 Å². The lowest BCUT2D eigenvalue weighted by Crippen LogP contribution is -2.24. The average Bonchev–Trinajstić information content (AvgIpc) is 2.69. The minimum Gasteiger partial charge on any atom is -0.391 e. The molecule has 0 amide bonds. The van der Waals surface area contributed by atoms with Crippen LogP contribution in [-0.2, 0) is 16.6 Å². The van der Waals surface area contributed by atoms with Gasteiger partial charge in [-0.3, -0.25) is 0 Å². The summed E-state index contributed by atoms with van der Waals surface area (Å²) in [6.07, 6.45) is -5.12. The first-order valence-corrected chi connectivity index (χ1v) is 8.22. The predicted molar refractivity (Wildman–Crippen MR) is 70.1 cm³/mol. The van der Waals surface area contributed by atoms with Gasteiger partial charge >= 0.3 is 6.18 Å². The Morgan fingerprint density at radius 1 is 1.35 bits per heavy atom. The van der Waals surface area contributed by atoms with E-state index in [2.05, 4.69) is 4.72 Å². The molecule has 0 radical (unpaired) electrons. The average molecular weight is 331 g/mol. The zero-order valence-electron chi connectivity index (χ0n) is 10.8. The van der Waals surface area contributed by atoms with Crippen molar-refractivity contribution in [3.8, 4) is 0 Å². The van der Waals surface area contributed by atoms with Gasteiger partial charge in [0.25, 0.3) is 0 Å². The fourth-order valence-corrected chi connectivity index (χ4v) is 4.07. The second kappa shape index (κ2) is 6.88. The minimum atomic E-state index is -4.21. The van der Waals surface area contributed by atoms with Crippen molar-refractivity contribution in [2.45, 2.75) is 43.2 Å². The monoisotopic (exact) mass is 331 g/mol. The SMILES string of the molecule is Cc1cc(S(=O)(=O)NCCCCC(F)(F)F)sc1CO. The van der Waals surface area contributed by atoms with Gasteiger partial charge in [-0.25, -0.2) is 13.1 Å². The van der Waals surface area contributed by atoms with Crippen LogP contribution >= 0.6 is 11.3 Å². The van der Waals surface area contributed by atoms with Crippen molar-refractivity contribution in [1.82, 2.24) is 4.72 Å². The van der Waals surface area contributed by atoms with E-state index in [0.717, 1.165) is 11.3 Å². The number of aryl methyl sites for hydroxylation is 1. The Labute approximate surface area is 119 Å². The third-order valence-electron chi connectivity index (χ3n) is 2.59. The summed E-state index contributed by atoms with van der Waals surface area (Å²) in [7, 11) is -3.71. The van der Waals surface area contributed by atoms with Gasteiger partial charge < -0.3 is 5.11 Å². The smallest absolute Gasteiger partial charge is 0.389 e. The Bertz CT molecular complexity index is 538. The Balaban J connectivity index is 2.49. The molecule has 1 rings (SSSR count). The summed E-state index contributed by atoms with van der Waals surface area (Å²) in [5, 5.41) is 9.01. The summed E-state index contributed by atoms with van der Waals surface area (Å²) in [5.74, 6) is 0. The van der Waals surface area contributed by atoms with Crippen molar-refractivity contribution in [2.24, 2.45) is 0 Å². The van der Waals surface area contributed by atoms with E-state index in [1.54, 1.807) is 6.92 Å². The van der Waals surface area contributed by atoms with Crippen LogP contribution in [0.2, 0.25) is 0 Å². The predicted octanol–water partition coefficient (Wildman–Crippen LogP) is 2.56. The zero-order chi connectivity index (χ0) is 15.4. The Morgan fingerprint density at radius 3 is 2.50 bits per heavy atom. The second-order valence-electron chi connectivity index (χ2n) is 4.30. The molecule has 0 saturated carbocycles. The fraction of sp³-hybridized carbons (Fsp3) is 0.636. The second-order valence-corrected chi connectivity index (χ2v) is 7.43. The maximum absolute atomic E-state index is 11.9. The standard InChI is InChI=1S/C11H16F3NO3S2/c1-8-6-10(19-9(8)7-16)20(17,18)15-5-3-2-4-11(12,13)14/h6,15-16H,2-5,7H2,1H3. The van der Waals surface area contributed by atoms with Gasteiger partial charge in [0.05, 0.1) is 6.61 Å². The van der Waals surface area contributed by atoms with Crippen molar-refractivity contribution < 1.29 is 26.7 Å². The number of rotatable bonds is 7. The molecule has 0 aliphatic carbocycles. The van der Waals surface area contributed by atoms with Crippen molar-refractivity contribution in [2.75, 3.05) is 6.54 Å². The highest BCUT2D eigenvalue weighted by Gasteiger charge is 2.26. The number of halogens is 3. The highest BCUT2D eigenvalue weighted by atomic mass is 32.2. The maximum Gasteiger partial charge on any atom is 0.389 e. The van der Waals surface area contributed by atoms with Gasteiger partial charge in [-0.1, -0.05) is 0 Å². The third-order valence-corrected chi connectivity index (χ3v) is 5.74. The lowest BCUT2D eigenvalue weighted by atomic mass is 10.2. The maximum atomic E-state index is 11.9. The molecule has 0 spiro atoms. The van der Waals surface area contributed by atoms with E-state index >= 15 is 0 Å². The van der Waals surface area contributed by atoms with Gasteiger partial charge in [0.1, 0.15) is 4.21 Å². The summed E-state index contributed by atoms with van der Waals surface area (Å²) in [5.41, 5.74) is 0.676. The molecule has 0 aliphatic rings. The molecule has 9 heteroatoms. The topological polar surface area (TPSA) is 66.4 Å². The first-order chi connectivity index (χ1) is 9.15. The molecule has 4 nitrogen and oxygen atoms in total. The Hall–Kier alpha value is -0.640. The third kappa shape index (κ3) is 5.39. The molecule has 0 aromatic carbocycles. The van der Waals surface area contributed by atoms with E-state index in [1.807, 2.05) is 0 Å². The molecule has 1 heterocycles. The molecule has 1 aromatic heterocycles. The highest BCUT2D eigenvalue weighted by molar-refractivity contribution is 7.91. The Kier molecular flexibility index (Phi) is 5.99. The van der Waals surface area contributed by atoms with Crippen molar-refractivity contribution >= 4 is 21.4 Å². The van der Waals surface area contributed by atoms with E-state index in [1.165, 1.54) is 6.07 Å². The molecule has 0 bridgehead atoms. The van der Waals surface area contributed by atoms with Crippen LogP contribution in [0.1, 0.15) is 29.7 Å². The highest BCUT2D eigenvalue weighted by Crippen LogP contribution is 2.26. The van der Waals surface area contributed by atoms with Crippen LogP contribution < -0.4 is 4.72 Å². The number of sulfonamides is 1. The fourth-order valence-electron chi connectivity index (χ4n) is 1.51. The van der Waals surface area contributed by atoms with Crippen LogP contribution in [0, 0.1) is 6.92 Å². The number of unbranched alkanes of at least 4 members (excludes halogenated alkanes) is 1. The molecule has 0 fully saturated rings. The number of alkyl halides is 3. The number of thiophene rings is 1. The van der Waals surface area contributed by atoms with Gasteiger partial charge in [-0.15, -0.1) is 11.3 Å². The van der Waals surface area contributed by atoms with Gasteiger partial charge in [0.15, 0.2) is 0 Å². The summed E-state index contributed by atoms with van der Waals surface area (Å²) in [6.45, 7) is 1.41. The van der Waals surface area contributed by atoms with Crippen LogP contribution in [0.15, 0.2) is 10.3 Å². The minimum absolute atomic E-state index is 0.0379. The van der Waals surface area contributed by atoms with Crippen LogP contribution in [0.4, 0.5) is 13.2 Å². The van der Waals surface area contributed by atoms with E-state index in [4.69, 9.17) is 5.11 Å². The number of nitrogens with one attached hydrogen (secondary N) is 1. The molecule has 116 valence electrons. The zero-order valence-corrected chi connectivity index (χ0v) is 12.5. The van der Waals surface area contributed by atoms with E-state index in [0.29, 0.717) is 10.4 Å². The van der Waals surface area contributed by atoms with E-state index in [9.17, 15) is 21.6 Å². The lowest BCUT2D eigenvalue weighted by Gasteiger charge is -2.06. The van der Waals surface area contributed by atoms with Crippen molar-refractivity contribution in [3.63, 3.8) is 0 Å². The molecule has 0 unspecified atom stereocenters. The number of hydrogen-bond donors (Lipinski definition) is 2. The molecule has 0 aliphatic heterocycles. The molecule has 2 N–H and O–H groups in total. The normalized spacial score (nSPS) is 12.8. The van der Waals surface area contributed by atoms with Gasteiger partial charge in [0.2, 0.25) is 10.0 Å². The first kappa shape index (κ1) is 17.4. The number of aliphatic hydroxyl groups excluding tert-OH is 1. The van der Waals surface area contributed by atoms with Crippen molar-refractivity contribution in [3.05, 3.63) is 16.5 Å². The van der Waals surface area contributed by atoms with E-state index < -0.39 is 22.6 Å². The van der Waals surface area contributed by atoms with Crippen molar-refractivity contribution in [1.29, 1.82) is 0 Å². The number of aliphatic hydroxyl groups is 1. The van der Waals surface area contributed by atoms with Crippen LogP contribution in [-0.4, -0.2) is 26.2 Å². The summed E-state index contributed by atoms with van der Waals surface area (Å²) < 4.78 is 61.8. The molecule has 0 atom stereocenters. The van der Waals surface area contributed by atoms with Gasteiger partial charge in [-0.2, -0.15) is 13.2 Å². The molecular formula is C11H16F3NO3S2. The largest absolute Gasteiger partial charge is 0.391 e. The number of hydrogen-bond acceptors (Lipinski definition) is 4.